The van der Waals surface area contributed by atoms with Crippen molar-refractivity contribution in [1.82, 2.24) is 19.9 Å². The summed E-state index contributed by atoms with van der Waals surface area (Å²) in [5, 5.41) is 0.693. The van der Waals surface area contributed by atoms with Crippen molar-refractivity contribution in [2.45, 2.75) is 25.3 Å². The predicted octanol–water partition coefficient (Wildman–Crippen LogP) is 3.69. The highest BCUT2D eigenvalue weighted by molar-refractivity contribution is 6.30. The summed E-state index contributed by atoms with van der Waals surface area (Å²) >= 11 is 6.03. The number of rotatable bonds is 4. The maximum Gasteiger partial charge on any atom is 0.274 e. The number of halogens is 1. The van der Waals surface area contributed by atoms with Gasteiger partial charge in [0.2, 0.25) is 5.89 Å². The van der Waals surface area contributed by atoms with Crippen molar-refractivity contribution in [3.63, 3.8) is 0 Å². The second-order valence-corrected chi connectivity index (χ2v) is 6.66. The third-order valence-corrected chi connectivity index (χ3v) is 4.65. The van der Waals surface area contributed by atoms with Crippen molar-refractivity contribution in [2.75, 3.05) is 6.54 Å². The number of benzene rings is 1. The van der Waals surface area contributed by atoms with Crippen LogP contribution in [0.15, 0.2) is 53.5 Å². The monoisotopic (exact) mass is 368 g/mol. The summed E-state index contributed by atoms with van der Waals surface area (Å²) < 4.78 is 5.94. The molecule has 1 saturated heterocycles. The van der Waals surface area contributed by atoms with Gasteiger partial charge in [-0.3, -0.25) is 9.78 Å². The molecule has 0 unspecified atom stereocenters. The maximum absolute atomic E-state index is 12.7. The van der Waals surface area contributed by atoms with Gasteiger partial charge in [-0.15, -0.1) is 0 Å². The molecule has 1 amide bonds. The van der Waals surface area contributed by atoms with Gasteiger partial charge in [-0.25, -0.2) is 9.97 Å². The number of hydrogen-bond acceptors (Lipinski definition) is 5. The Hall–Kier alpha value is -2.73. The Balaban J connectivity index is 1.52. The summed E-state index contributed by atoms with van der Waals surface area (Å²) in [6.45, 7) is 0.659. The van der Waals surface area contributed by atoms with Crippen LogP contribution in [-0.4, -0.2) is 32.3 Å². The zero-order valence-corrected chi connectivity index (χ0v) is 14.8. The van der Waals surface area contributed by atoms with Crippen LogP contribution in [0.3, 0.4) is 0 Å². The third kappa shape index (κ3) is 3.46. The van der Waals surface area contributed by atoms with Gasteiger partial charge in [0.15, 0.2) is 0 Å². The average molecular weight is 369 g/mol. The quantitative estimate of drug-likeness (QED) is 0.702. The molecule has 0 aliphatic carbocycles. The van der Waals surface area contributed by atoms with E-state index in [2.05, 4.69) is 15.0 Å². The Bertz CT molecular complexity index is 913. The van der Waals surface area contributed by atoms with Crippen LogP contribution in [0, 0.1) is 0 Å². The van der Waals surface area contributed by atoms with Crippen LogP contribution in [-0.2, 0) is 6.42 Å². The van der Waals surface area contributed by atoms with E-state index in [1.54, 1.807) is 17.3 Å². The molecule has 1 aromatic carbocycles. The van der Waals surface area contributed by atoms with Crippen LogP contribution in [0.1, 0.15) is 46.6 Å². The second kappa shape index (κ2) is 7.25. The van der Waals surface area contributed by atoms with E-state index in [-0.39, 0.29) is 11.9 Å². The van der Waals surface area contributed by atoms with Crippen LogP contribution in [0.25, 0.3) is 0 Å². The lowest BCUT2D eigenvalue weighted by Crippen LogP contribution is -2.31. The summed E-state index contributed by atoms with van der Waals surface area (Å²) in [5.74, 6) is 1.17. The van der Waals surface area contributed by atoms with E-state index >= 15 is 0 Å². The van der Waals surface area contributed by atoms with Gasteiger partial charge >= 0.3 is 0 Å². The maximum atomic E-state index is 12.7. The summed E-state index contributed by atoms with van der Waals surface area (Å²) in [5.41, 5.74) is 1.39. The number of aromatic nitrogens is 3. The van der Waals surface area contributed by atoms with Crippen molar-refractivity contribution in [2.24, 2.45) is 0 Å². The lowest BCUT2D eigenvalue weighted by Gasteiger charge is -2.21. The molecular formula is C19H17ClN4O2. The highest BCUT2D eigenvalue weighted by Gasteiger charge is 2.34. The predicted molar refractivity (Wildman–Crippen MR) is 95.8 cm³/mol. The minimum absolute atomic E-state index is 0.143. The molecular weight excluding hydrogens is 352 g/mol. The largest absolute Gasteiger partial charge is 0.443 e. The molecule has 0 bridgehead atoms. The first-order chi connectivity index (χ1) is 12.7. The van der Waals surface area contributed by atoms with Gasteiger partial charge in [0, 0.05) is 30.4 Å². The molecule has 0 saturated carbocycles. The van der Waals surface area contributed by atoms with E-state index in [1.165, 1.54) is 12.4 Å². The Kier molecular flexibility index (Phi) is 4.67. The number of carbonyl (C=O) groups excluding carboxylic acids is 1. The summed E-state index contributed by atoms with van der Waals surface area (Å²) in [4.78, 5) is 27.0. The van der Waals surface area contributed by atoms with Gasteiger partial charge in [-0.1, -0.05) is 23.7 Å². The van der Waals surface area contributed by atoms with E-state index in [9.17, 15) is 4.79 Å². The SMILES string of the molecule is O=C(c1cnccn1)N1CCC[C@@H]1c1ncc(Cc2cccc(Cl)c2)o1. The molecule has 1 aliphatic heterocycles. The Morgan fingerprint density at radius 3 is 3.00 bits per heavy atom. The van der Waals surface area contributed by atoms with Gasteiger partial charge in [0.25, 0.3) is 5.91 Å². The number of likely N-dealkylation sites (tertiary alicyclic amines) is 1. The highest BCUT2D eigenvalue weighted by Crippen LogP contribution is 2.32. The topological polar surface area (TPSA) is 72.1 Å². The lowest BCUT2D eigenvalue weighted by molar-refractivity contribution is 0.0708. The number of amides is 1. The molecule has 1 aliphatic rings. The smallest absolute Gasteiger partial charge is 0.274 e. The van der Waals surface area contributed by atoms with Crippen molar-refractivity contribution < 1.29 is 9.21 Å². The number of hydrogen-bond donors (Lipinski definition) is 0. The number of oxazole rings is 1. The van der Waals surface area contributed by atoms with Crippen LogP contribution in [0.4, 0.5) is 0 Å². The molecule has 132 valence electrons. The Morgan fingerprint density at radius 1 is 1.27 bits per heavy atom. The van der Waals surface area contributed by atoms with Gasteiger partial charge in [-0.05, 0) is 30.5 Å². The summed E-state index contributed by atoms with van der Waals surface area (Å²) in [7, 11) is 0. The van der Waals surface area contributed by atoms with Crippen LogP contribution in [0.2, 0.25) is 5.02 Å². The zero-order chi connectivity index (χ0) is 17.9. The van der Waals surface area contributed by atoms with Gasteiger partial charge in [-0.2, -0.15) is 0 Å². The first kappa shape index (κ1) is 16.7. The first-order valence-electron chi connectivity index (χ1n) is 8.47. The van der Waals surface area contributed by atoms with E-state index < -0.39 is 0 Å². The fraction of sp³-hybridized carbons (Fsp3) is 0.263. The fourth-order valence-corrected chi connectivity index (χ4v) is 3.44. The summed E-state index contributed by atoms with van der Waals surface area (Å²) in [6.07, 6.45) is 8.61. The molecule has 3 heterocycles. The molecule has 1 fully saturated rings. The molecule has 1 atom stereocenters. The van der Waals surface area contributed by atoms with Crippen LogP contribution < -0.4 is 0 Å². The van der Waals surface area contributed by atoms with Gasteiger partial charge in [0.05, 0.1) is 12.4 Å². The molecule has 26 heavy (non-hydrogen) atoms. The molecule has 2 aromatic heterocycles. The third-order valence-electron chi connectivity index (χ3n) is 4.42. The number of carbonyl (C=O) groups is 1. The van der Waals surface area contributed by atoms with Gasteiger partial charge in [0.1, 0.15) is 17.5 Å². The second-order valence-electron chi connectivity index (χ2n) is 6.22. The fourth-order valence-electron chi connectivity index (χ4n) is 3.23. The highest BCUT2D eigenvalue weighted by atomic mass is 35.5. The van der Waals surface area contributed by atoms with Crippen molar-refractivity contribution in [3.05, 3.63) is 77.0 Å². The molecule has 0 N–H and O–H groups in total. The van der Waals surface area contributed by atoms with Crippen LogP contribution >= 0.6 is 11.6 Å². The Morgan fingerprint density at radius 2 is 2.19 bits per heavy atom. The van der Waals surface area contributed by atoms with Crippen molar-refractivity contribution >= 4 is 17.5 Å². The van der Waals surface area contributed by atoms with E-state index in [4.69, 9.17) is 16.0 Å². The molecule has 0 spiro atoms. The van der Waals surface area contributed by atoms with Crippen LogP contribution in [0.5, 0.6) is 0 Å². The van der Waals surface area contributed by atoms with Crippen molar-refractivity contribution in [3.8, 4) is 0 Å². The molecule has 0 radical (unpaired) electrons. The molecule has 7 heteroatoms. The minimum atomic E-state index is -0.169. The zero-order valence-electron chi connectivity index (χ0n) is 14.0. The lowest BCUT2D eigenvalue weighted by atomic mass is 10.1. The van der Waals surface area contributed by atoms with Crippen molar-refractivity contribution in [1.29, 1.82) is 0 Å². The van der Waals surface area contributed by atoms with E-state index in [0.717, 1.165) is 24.2 Å². The molecule has 4 rings (SSSR count). The van der Waals surface area contributed by atoms with E-state index in [1.807, 2.05) is 24.3 Å². The summed E-state index contributed by atoms with van der Waals surface area (Å²) in [6, 6.07) is 7.48. The number of nitrogens with zero attached hydrogens (tertiary/aromatic N) is 4. The van der Waals surface area contributed by atoms with Gasteiger partial charge < -0.3 is 9.32 Å². The normalized spacial score (nSPS) is 16.8. The molecule has 6 nitrogen and oxygen atoms in total. The minimum Gasteiger partial charge on any atom is -0.443 e. The first-order valence-corrected chi connectivity index (χ1v) is 8.84. The molecule has 3 aromatic rings. The Labute approximate surface area is 155 Å². The van der Waals surface area contributed by atoms with E-state index in [0.29, 0.717) is 29.6 Å². The average Bonchev–Trinajstić information content (AvgIpc) is 3.31. The standard InChI is InChI=1S/C19H17ClN4O2/c20-14-4-1-3-13(9-14)10-15-11-23-18(26-15)17-5-2-8-24(17)19(25)16-12-21-6-7-22-16/h1,3-4,6-7,9,11-12,17H,2,5,8,10H2/t17-/m1/s1.